The Morgan fingerprint density at radius 3 is 2.76 bits per heavy atom. The van der Waals surface area contributed by atoms with Gasteiger partial charge in [0.05, 0.1) is 6.10 Å². The van der Waals surface area contributed by atoms with Crippen molar-refractivity contribution >= 4 is 0 Å². The van der Waals surface area contributed by atoms with E-state index in [0.29, 0.717) is 24.0 Å². The second kappa shape index (κ2) is 5.68. The fraction of sp³-hybridized carbons (Fsp3) is 1.00. The van der Waals surface area contributed by atoms with Gasteiger partial charge in [-0.1, -0.05) is 13.8 Å². The zero-order valence-electron chi connectivity index (χ0n) is 11.3. The van der Waals surface area contributed by atoms with Crippen LogP contribution in [0.15, 0.2) is 0 Å². The van der Waals surface area contributed by atoms with Crippen LogP contribution in [0.1, 0.15) is 39.5 Å². The van der Waals surface area contributed by atoms with Crippen molar-refractivity contribution in [3.63, 3.8) is 0 Å². The van der Waals surface area contributed by atoms with E-state index < -0.39 is 0 Å². The van der Waals surface area contributed by atoms with Crippen molar-refractivity contribution < 1.29 is 9.84 Å². The van der Waals surface area contributed by atoms with E-state index in [0.717, 1.165) is 26.1 Å². The second-order valence-electron chi connectivity index (χ2n) is 6.36. The minimum atomic E-state index is 0.333. The molecule has 0 radical (unpaired) electrons. The molecule has 2 rings (SSSR count). The van der Waals surface area contributed by atoms with Crippen LogP contribution in [0.25, 0.3) is 0 Å². The van der Waals surface area contributed by atoms with E-state index in [1.807, 2.05) is 0 Å². The Morgan fingerprint density at radius 2 is 2.18 bits per heavy atom. The van der Waals surface area contributed by atoms with E-state index in [4.69, 9.17) is 9.84 Å². The van der Waals surface area contributed by atoms with Crippen molar-refractivity contribution in [2.24, 2.45) is 11.3 Å². The first-order valence-electron chi connectivity index (χ1n) is 7.06. The molecule has 2 fully saturated rings. The predicted octanol–water partition coefficient (Wildman–Crippen LogP) is 1.90. The first kappa shape index (κ1) is 13.3. The molecule has 0 saturated carbocycles. The highest BCUT2D eigenvalue weighted by Gasteiger charge is 2.36. The van der Waals surface area contributed by atoms with Gasteiger partial charge in [0.1, 0.15) is 0 Å². The van der Waals surface area contributed by atoms with Gasteiger partial charge in [-0.05, 0) is 43.6 Å². The SMILES string of the molecule is CC1(C)CN(CC2CCCO2)CCC1CCO. The number of ether oxygens (including phenoxy) is 1. The van der Waals surface area contributed by atoms with Gasteiger partial charge in [-0.3, -0.25) is 0 Å². The molecular formula is C14H27NO2. The summed E-state index contributed by atoms with van der Waals surface area (Å²) in [7, 11) is 0. The third-order valence-electron chi connectivity index (χ3n) is 4.49. The predicted molar refractivity (Wildman–Crippen MR) is 69.0 cm³/mol. The Bertz CT molecular complexity index is 236. The maximum atomic E-state index is 9.11. The number of piperidine rings is 1. The summed E-state index contributed by atoms with van der Waals surface area (Å²) in [5.74, 6) is 0.674. The lowest BCUT2D eigenvalue weighted by atomic mass is 9.72. The summed E-state index contributed by atoms with van der Waals surface area (Å²) in [6.45, 7) is 9.40. The standard InChI is InChI=1S/C14H27NO2/c1-14(2)11-15(7-5-12(14)6-8-16)10-13-4-3-9-17-13/h12-13,16H,3-11H2,1-2H3. The molecule has 17 heavy (non-hydrogen) atoms. The van der Waals surface area contributed by atoms with E-state index in [1.54, 1.807) is 0 Å². The molecule has 2 aliphatic heterocycles. The molecule has 0 spiro atoms. The number of rotatable bonds is 4. The van der Waals surface area contributed by atoms with Gasteiger partial charge >= 0.3 is 0 Å². The maximum Gasteiger partial charge on any atom is 0.0702 e. The quantitative estimate of drug-likeness (QED) is 0.816. The highest BCUT2D eigenvalue weighted by molar-refractivity contribution is 4.88. The fourth-order valence-electron chi connectivity index (χ4n) is 3.44. The summed E-state index contributed by atoms with van der Waals surface area (Å²) >= 11 is 0. The number of nitrogens with zero attached hydrogens (tertiary/aromatic N) is 1. The van der Waals surface area contributed by atoms with Crippen LogP contribution in [0.4, 0.5) is 0 Å². The lowest BCUT2D eigenvalue weighted by Gasteiger charge is -2.45. The van der Waals surface area contributed by atoms with Gasteiger partial charge in [-0.15, -0.1) is 0 Å². The summed E-state index contributed by atoms with van der Waals surface area (Å²) in [6.07, 6.45) is 5.12. The average Bonchev–Trinajstić information content (AvgIpc) is 2.74. The highest BCUT2D eigenvalue weighted by Crippen LogP contribution is 2.37. The molecule has 100 valence electrons. The fourth-order valence-corrected chi connectivity index (χ4v) is 3.44. The molecule has 2 heterocycles. The Labute approximate surface area is 105 Å². The van der Waals surface area contributed by atoms with Crippen LogP contribution in [0, 0.1) is 11.3 Å². The van der Waals surface area contributed by atoms with Crippen LogP contribution >= 0.6 is 0 Å². The van der Waals surface area contributed by atoms with Crippen molar-refractivity contribution in [1.82, 2.24) is 4.90 Å². The van der Waals surface area contributed by atoms with Gasteiger partial charge in [0.2, 0.25) is 0 Å². The third kappa shape index (κ3) is 3.43. The Hall–Kier alpha value is -0.120. The van der Waals surface area contributed by atoms with Crippen molar-refractivity contribution in [3.8, 4) is 0 Å². The Balaban J connectivity index is 1.83. The normalized spacial score (nSPS) is 34.1. The van der Waals surface area contributed by atoms with Crippen LogP contribution < -0.4 is 0 Å². The first-order chi connectivity index (χ1) is 8.12. The van der Waals surface area contributed by atoms with Crippen molar-refractivity contribution in [1.29, 1.82) is 0 Å². The highest BCUT2D eigenvalue weighted by atomic mass is 16.5. The molecule has 3 nitrogen and oxygen atoms in total. The molecule has 3 heteroatoms. The van der Waals surface area contributed by atoms with Crippen molar-refractivity contribution in [3.05, 3.63) is 0 Å². The lowest BCUT2D eigenvalue weighted by Crippen LogP contribution is -2.48. The van der Waals surface area contributed by atoms with Crippen LogP contribution in [0.3, 0.4) is 0 Å². The molecule has 1 N–H and O–H groups in total. The van der Waals surface area contributed by atoms with Gasteiger partial charge in [-0.2, -0.15) is 0 Å². The number of hydrogen-bond donors (Lipinski definition) is 1. The van der Waals surface area contributed by atoms with Crippen LogP contribution in [0.2, 0.25) is 0 Å². The molecule has 0 aromatic carbocycles. The second-order valence-corrected chi connectivity index (χ2v) is 6.36. The van der Waals surface area contributed by atoms with Crippen LogP contribution in [0.5, 0.6) is 0 Å². The molecule has 2 saturated heterocycles. The monoisotopic (exact) mass is 241 g/mol. The van der Waals surface area contributed by atoms with Gasteiger partial charge in [0, 0.05) is 26.3 Å². The summed E-state index contributed by atoms with van der Waals surface area (Å²) < 4.78 is 5.72. The maximum absolute atomic E-state index is 9.11. The Kier molecular flexibility index (Phi) is 4.45. The summed E-state index contributed by atoms with van der Waals surface area (Å²) in [4.78, 5) is 2.56. The molecular weight excluding hydrogens is 214 g/mol. The number of aliphatic hydroxyl groups is 1. The molecule has 2 unspecified atom stereocenters. The van der Waals surface area contributed by atoms with Gasteiger partial charge in [0.25, 0.3) is 0 Å². The summed E-state index contributed by atoms with van der Waals surface area (Å²) in [5.41, 5.74) is 0.333. The van der Waals surface area contributed by atoms with Crippen molar-refractivity contribution in [2.45, 2.75) is 45.6 Å². The zero-order chi connectivity index (χ0) is 12.3. The molecule has 0 amide bonds. The largest absolute Gasteiger partial charge is 0.396 e. The van der Waals surface area contributed by atoms with Crippen LogP contribution in [-0.2, 0) is 4.74 Å². The summed E-state index contributed by atoms with van der Waals surface area (Å²) in [6, 6.07) is 0. The molecule has 0 aromatic heterocycles. The first-order valence-corrected chi connectivity index (χ1v) is 7.06. The molecule has 0 bridgehead atoms. The zero-order valence-corrected chi connectivity index (χ0v) is 11.3. The number of aliphatic hydroxyl groups excluding tert-OH is 1. The van der Waals surface area contributed by atoms with Gasteiger partial charge < -0.3 is 14.7 Å². The minimum absolute atomic E-state index is 0.333. The topological polar surface area (TPSA) is 32.7 Å². The van der Waals surface area contributed by atoms with Gasteiger partial charge in [-0.25, -0.2) is 0 Å². The minimum Gasteiger partial charge on any atom is -0.396 e. The van der Waals surface area contributed by atoms with E-state index in [1.165, 1.54) is 25.8 Å². The molecule has 0 aromatic rings. The van der Waals surface area contributed by atoms with Crippen molar-refractivity contribution in [2.75, 3.05) is 32.8 Å². The average molecular weight is 241 g/mol. The van der Waals surface area contributed by atoms with Gasteiger partial charge in [0.15, 0.2) is 0 Å². The van der Waals surface area contributed by atoms with Crippen LogP contribution in [-0.4, -0.2) is 49.0 Å². The molecule has 2 atom stereocenters. The molecule has 0 aliphatic carbocycles. The van der Waals surface area contributed by atoms with E-state index in [-0.39, 0.29) is 0 Å². The number of likely N-dealkylation sites (tertiary alicyclic amines) is 1. The third-order valence-corrected chi connectivity index (χ3v) is 4.49. The lowest BCUT2D eigenvalue weighted by molar-refractivity contribution is 0.00658. The van der Waals surface area contributed by atoms with E-state index in [2.05, 4.69) is 18.7 Å². The smallest absolute Gasteiger partial charge is 0.0702 e. The van der Waals surface area contributed by atoms with E-state index in [9.17, 15) is 0 Å². The number of hydrogen-bond acceptors (Lipinski definition) is 3. The Morgan fingerprint density at radius 1 is 1.35 bits per heavy atom. The summed E-state index contributed by atoms with van der Waals surface area (Å²) in [5, 5.41) is 9.11. The van der Waals surface area contributed by atoms with E-state index >= 15 is 0 Å². The molecule has 2 aliphatic rings.